The first-order valence-electron chi connectivity index (χ1n) is 12.7. The van der Waals surface area contributed by atoms with Gasteiger partial charge in [-0.3, -0.25) is 4.79 Å². The molecule has 0 radical (unpaired) electrons. The van der Waals surface area contributed by atoms with E-state index in [1.165, 1.54) is 0 Å². The zero-order chi connectivity index (χ0) is 24.7. The summed E-state index contributed by atoms with van der Waals surface area (Å²) in [6.07, 6.45) is 6.81. The molecule has 1 atom stereocenters. The van der Waals surface area contributed by atoms with E-state index in [0.717, 1.165) is 48.8 Å². The van der Waals surface area contributed by atoms with Crippen LogP contribution in [0.1, 0.15) is 68.5 Å². The predicted octanol–water partition coefficient (Wildman–Crippen LogP) is 3.40. The van der Waals surface area contributed by atoms with E-state index in [-0.39, 0.29) is 28.8 Å². The highest BCUT2D eigenvalue weighted by Gasteiger charge is 2.36. The van der Waals surface area contributed by atoms with Crippen molar-refractivity contribution in [3.8, 4) is 6.07 Å². The Morgan fingerprint density at radius 2 is 1.91 bits per heavy atom. The maximum absolute atomic E-state index is 13.2. The molecule has 1 amide bonds. The van der Waals surface area contributed by atoms with Crippen molar-refractivity contribution in [2.24, 2.45) is 13.0 Å². The summed E-state index contributed by atoms with van der Waals surface area (Å²) in [6, 6.07) is 7.35. The minimum atomic E-state index is -3.71. The van der Waals surface area contributed by atoms with Gasteiger partial charge in [-0.05, 0) is 63.5 Å². The number of aryl methyl sites for hydroxylation is 1. The summed E-state index contributed by atoms with van der Waals surface area (Å²) in [4.78, 5) is 15.3. The minimum Gasteiger partial charge on any atom is -0.383 e. The zero-order valence-electron chi connectivity index (χ0n) is 20.5. The molecule has 1 N–H and O–H groups in total. The lowest BCUT2D eigenvalue weighted by Gasteiger charge is -2.33. The van der Waals surface area contributed by atoms with Crippen LogP contribution in [0, 0.1) is 17.2 Å². The molecule has 2 aliphatic carbocycles. The molecule has 1 aromatic carbocycles. The number of carbonyl (C=O) groups excluding carboxylic acids is 1. The molecule has 2 heterocycles. The fraction of sp³-hybridized carbons (Fsp3) is 0.615. The first-order chi connectivity index (χ1) is 16.8. The summed E-state index contributed by atoms with van der Waals surface area (Å²) < 4.78 is 36.6. The Morgan fingerprint density at radius 1 is 1.17 bits per heavy atom. The van der Waals surface area contributed by atoms with Gasteiger partial charge in [-0.1, -0.05) is 6.07 Å². The standard InChI is InChI=1S/C26H34N4O4S/c1-29-24-14-21(11-12-22(24)23(15-27)25(29)17-5-6-17)35(32,33)28-19-9-7-18(8-10-19)26(31)30-13-3-4-20(30)16-34-2/h11-12,14,17-20,28H,3-10,13,16H2,1-2H3/t18-,19-,20-/m1/s1. The number of amides is 1. The Hall–Kier alpha value is -2.41. The minimum absolute atomic E-state index is 0.0434. The molecule has 1 aromatic heterocycles. The average molecular weight is 499 g/mol. The van der Waals surface area contributed by atoms with Crippen LogP contribution in [0.25, 0.3) is 10.9 Å². The van der Waals surface area contributed by atoms with Gasteiger partial charge in [0.2, 0.25) is 15.9 Å². The van der Waals surface area contributed by atoms with Crippen LogP contribution in [0.4, 0.5) is 0 Å². The highest BCUT2D eigenvalue weighted by molar-refractivity contribution is 7.89. The van der Waals surface area contributed by atoms with Gasteiger partial charge in [-0.2, -0.15) is 5.26 Å². The summed E-state index contributed by atoms with van der Waals surface area (Å²) in [7, 11) is -0.129. The van der Waals surface area contributed by atoms with Crippen molar-refractivity contribution in [2.45, 2.75) is 74.3 Å². The number of hydrogen-bond acceptors (Lipinski definition) is 5. The quantitative estimate of drug-likeness (QED) is 0.630. The number of ether oxygens (including phenoxy) is 1. The molecule has 0 spiro atoms. The third-order valence-corrected chi connectivity index (χ3v) is 9.54. The van der Waals surface area contributed by atoms with Crippen molar-refractivity contribution in [2.75, 3.05) is 20.3 Å². The topological polar surface area (TPSA) is 104 Å². The SMILES string of the molecule is COC[C@H]1CCCN1C(=O)[C@H]1CC[C@H](NS(=O)(=O)c2ccc3c(C#N)c(C4CC4)n(C)c3c2)CC1. The lowest BCUT2D eigenvalue weighted by atomic mass is 9.85. The van der Waals surface area contributed by atoms with Crippen LogP contribution in [-0.2, 0) is 26.6 Å². The number of nitrogens with one attached hydrogen (secondary N) is 1. The van der Waals surface area contributed by atoms with Crippen LogP contribution < -0.4 is 4.72 Å². The van der Waals surface area contributed by atoms with Gasteiger partial charge in [0.25, 0.3) is 0 Å². The number of hydrogen-bond donors (Lipinski definition) is 1. The predicted molar refractivity (Wildman–Crippen MR) is 132 cm³/mol. The number of sulfonamides is 1. The summed E-state index contributed by atoms with van der Waals surface area (Å²) in [5, 5.41) is 10.5. The number of nitrogens with zero attached hydrogens (tertiary/aromatic N) is 3. The molecule has 188 valence electrons. The first-order valence-corrected chi connectivity index (χ1v) is 14.2. The number of likely N-dealkylation sites (tertiary alicyclic amines) is 1. The number of fused-ring (bicyclic) bond motifs is 1. The zero-order valence-corrected chi connectivity index (χ0v) is 21.3. The maximum atomic E-state index is 13.2. The Balaban J connectivity index is 1.26. The molecule has 0 unspecified atom stereocenters. The number of carbonyl (C=O) groups is 1. The van der Waals surface area contributed by atoms with Crippen molar-refractivity contribution in [1.29, 1.82) is 5.26 Å². The lowest BCUT2D eigenvalue weighted by Crippen LogP contribution is -2.44. The molecular weight excluding hydrogens is 464 g/mol. The number of aromatic nitrogens is 1. The van der Waals surface area contributed by atoms with E-state index >= 15 is 0 Å². The molecule has 9 heteroatoms. The molecule has 3 aliphatic rings. The van der Waals surface area contributed by atoms with Crippen LogP contribution in [0.3, 0.4) is 0 Å². The van der Waals surface area contributed by atoms with Crippen molar-refractivity contribution in [3.05, 3.63) is 29.5 Å². The molecule has 0 bridgehead atoms. The van der Waals surface area contributed by atoms with E-state index in [0.29, 0.717) is 43.8 Å². The fourth-order valence-corrected chi connectivity index (χ4v) is 7.35. The second-order valence-electron chi connectivity index (χ2n) is 10.3. The first kappa shape index (κ1) is 24.3. The highest BCUT2D eigenvalue weighted by Crippen LogP contribution is 2.44. The fourth-order valence-electron chi connectivity index (χ4n) is 6.03. The maximum Gasteiger partial charge on any atom is 0.240 e. The van der Waals surface area contributed by atoms with Crippen molar-refractivity contribution >= 4 is 26.8 Å². The second kappa shape index (κ2) is 9.57. The Bertz CT molecular complexity index is 1270. The van der Waals surface area contributed by atoms with Gasteiger partial charge in [-0.15, -0.1) is 0 Å². The van der Waals surface area contributed by atoms with Crippen molar-refractivity contribution in [1.82, 2.24) is 14.2 Å². The Morgan fingerprint density at radius 3 is 2.57 bits per heavy atom. The van der Waals surface area contributed by atoms with E-state index in [4.69, 9.17) is 4.74 Å². The summed E-state index contributed by atoms with van der Waals surface area (Å²) >= 11 is 0. The van der Waals surface area contributed by atoms with Crippen LogP contribution in [0.2, 0.25) is 0 Å². The molecule has 3 fully saturated rings. The molecule has 8 nitrogen and oxygen atoms in total. The second-order valence-corrected chi connectivity index (χ2v) is 12.1. The van der Waals surface area contributed by atoms with Crippen LogP contribution in [-0.4, -0.2) is 56.1 Å². The summed E-state index contributed by atoms with van der Waals surface area (Å²) in [6.45, 7) is 1.36. The Labute approximate surface area is 207 Å². The van der Waals surface area contributed by atoms with Gasteiger partial charge in [0.1, 0.15) is 6.07 Å². The molecule has 2 saturated carbocycles. The third kappa shape index (κ3) is 4.59. The molecule has 5 rings (SSSR count). The number of rotatable bonds is 7. The highest BCUT2D eigenvalue weighted by atomic mass is 32.2. The third-order valence-electron chi connectivity index (χ3n) is 8.02. The monoisotopic (exact) mass is 498 g/mol. The van der Waals surface area contributed by atoms with E-state index in [9.17, 15) is 18.5 Å². The molecule has 2 aromatic rings. The lowest BCUT2D eigenvalue weighted by molar-refractivity contribution is -0.138. The van der Waals surface area contributed by atoms with Gasteiger partial charge in [0, 0.05) is 49.7 Å². The van der Waals surface area contributed by atoms with Gasteiger partial charge in [0.05, 0.1) is 28.6 Å². The molecule has 1 aliphatic heterocycles. The van der Waals surface area contributed by atoms with E-state index in [1.807, 2.05) is 16.5 Å². The van der Waals surface area contributed by atoms with Crippen molar-refractivity contribution < 1.29 is 17.9 Å². The molecular formula is C26H34N4O4S. The molecule has 1 saturated heterocycles. The van der Waals surface area contributed by atoms with Gasteiger partial charge >= 0.3 is 0 Å². The van der Waals surface area contributed by atoms with Crippen LogP contribution >= 0.6 is 0 Å². The average Bonchev–Trinajstić information content (AvgIpc) is 3.51. The largest absolute Gasteiger partial charge is 0.383 e. The van der Waals surface area contributed by atoms with E-state index in [1.54, 1.807) is 25.3 Å². The summed E-state index contributed by atoms with van der Waals surface area (Å²) in [5.74, 6) is 0.543. The van der Waals surface area contributed by atoms with E-state index < -0.39 is 10.0 Å². The van der Waals surface area contributed by atoms with Gasteiger partial charge in [0.15, 0.2) is 0 Å². The van der Waals surface area contributed by atoms with Crippen LogP contribution in [0.5, 0.6) is 0 Å². The number of benzene rings is 1. The van der Waals surface area contributed by atoms with Gasteiger partial charge < -0.3 is 14.2 Å². The van der Waals surface area contributed by atoms with Gasteiger partial charge in [-0.25, -0.2) is 13.1 Å². The van der Waals surface area contributed by atoms with Crippen LogP contribution in [0.15, 0.2) is 23.1 Å². The van der Waals surface area contributed by atoms with Crippen molar-refractivity contribution in [3.63, 3.8) is 0 Å². The molecule has 35 heavy (non-hydrogen) atoms. The summed E-state index contributed by atoms with van der Waals surface area (Å²) in [5.41, 5.74) is 2.45. The number of methoxy groups -OCH3 is 1. The smallest absolute Gasteiger partial charge is 0.240 e. The van der Waals surface area contributed by atoms with E-state index in [2.05, 4.69) is 10.8 Å². The number of nitriles is 1. The Kier molecular flexibility index (Phi) is 6.64. The normalized spacial score (nSPS) is 25.2.